The van der Waals surface area contributed by atoms with Gasteiger partial charge in [0.25, 0.3) is 0 Å². The topological polar surface area (TPSA) is 111 Å². The normalized spacial score (nSPS) is 39.5. The van der Waals surface area contributed by atoms with Gasteiger partial charge >= 0.3 is 0 Å². The van der Waals surface area contributed by atoms with Crippen LogP contribution in [0.15, 0.2) is 0 Å². The first kappa shape index (κ1) is 31.7. The highest BCUT2D eigenvalue weighted by Gasteiger charge is 2.62. The molecule has 4 rings (SSSR count). The van der Waals surface area contributed by atoms with Crippen LogP contribution >= 0.6 is 0 Å². The average Bonchev–Trinajstić information content (AvgIpc) is 3.26. The summed E-state index contributed by atoms with van der Waals surface area (Å²) in [7, 11) is 0. The smallest absolute Gasteiger partial charge is 0.220 e. The molecule has 0 aromatic heterocycles. The Bertz CT molecular complexity index is 854. The van der Waals surface area contributed by atoms with Gasteiger partial charge in [0, 0.05) is 26.4 Å². The lowest BCUT2D eigenvalue weighted by molar-refractivity contribution is -0.174. The van der Waals surface area contributed by atoms with Crippen molar-refractivity contribution in [3.8, 4) is 0 Å². The first-order chi connectivity index (χ1) is 19.1. The van der Waals surface area contributed by atoms with Gasteiger partial charge in [-0.15, -0.1) is 0 Å². The van der Waals surface area contributed by atoms with Gasteiger partial charge in [0.15, 0.2) is 0 Å². The van der Waals surface area contributed by atoms with Crippen molar-refractivity contribution in [3.05, 3.63) is 0 Å². The van der Waals surface area contributed by atoms with E-state index < -0.39 is 0 Å². The van der Waals surface area contributed by atoms with Crippen LogP contribution in [-0.2, 0) is 9.59 Å². The number of unbranched alkanes of at least 4 members (excludes halogenated alkanes) is 1. The second-order valence-corrected chi connectivity index (χ2v) is 14.6. The first-order valence-corrected chi connectivity index (χ1v) is 16.6. The number of carbonyl (C=O) groups is 2. The van der Waals surface area contributed by atoms with Crippen molar-refractivity contribution in [1.29, 1.82) is 0 Å². The molecule has 0 aliphatic heterocycles. The molecule has 4 fully saturated rings. The van der Waals surface area contributed by atoms with Crippen LogP contribution in [-0.4, -0.2) is 60.4 Å². The van der Waals surface area contributed by atoms with Crippen LogP contribution < -0.4 is 16.0 Å². The number of aliphatic hydroxyl groups is 2. The van der Waals surface area contributed by atoms with Gasteiger partial charge in [-0.2, -0.15) is 0 Å². The summed E-state index contributed by atoms with van der Waals surface area (Å²) in [5.74, 6) is 3.39. The highest BCUT2D eigenvalue weighted by atomic mass is 16.3. The van der Waals surface area contributed by atoms with Gasteiger partial charge in [-0.3, -0.25) is 9.59 Å². The van der Waals surface area contributed by atoms with E-state index in [1.165, 1.54) is 25.7 Å². The van der Waals surface area contributed by atoms with E-state index in [2.05, 4.69) is 36.7 Å². The molecule has 7 nitrogen and oxygen atoms in total. The van der Waals surface area contributed by atoms with Crippen molar-refractivity contribution >= 4 is 11.8 Å². The maximum absolute atomic E-state index is 12.6. The molecule has 0 unspecified atom stereocenters. The molecule has 4 saturated carbocycles. The SMILES string of the molecule is CC(=O)NCCCCNCCCNC(=O)CC[C@@H](C)[C@H]1CC[C@H]2[C@@H]3[C@@H](O)C[C@@H]4C[C@H](O)CC[C@]4(C)[C@H]3CC[C@]12C. The van der Waals surface area contributed by atoms with Gasteiger partial charge < -0.3 is 26.2 Å². The molecule has 230 valence electrons. The predicted octanol–water partition coefficient (Wildman–Crippen LogP) is 4.41. The molecule has 0 aromatic rings. The fourth-order valence-electron chi connectivity index (χ4n) is 10.0. The molecule has 0 aromatic carbocycles. The van der Waals surface area contributed by atoms with Crippen molar-refractivity contribution in [2.45, 2.75) is 123 Å². The van der Waals surface area contributed by atoms with Gasteiger partial charge in [-0.25, -0.2) is 0 Å². The lowest BCUT2D eigenvalue weighted by atomic mass is 9.43. The molecule has 2 amide bonds. The molecule has 10 atom stereocenters. The van der Waals surface area contributed by atoms with Crippen molar-refractivity contribution in [3.63, 3.8) is 0 Å². The second-order valence-electron chi connectivity index (χ2n) is 14.6. The largest absolute Gasteiger partial charge is 0.393 e. The van der Waals surface area contributed by atoms with Crippen molar-refractivity contribution < 1.29 is 19.8 Å². The molecule has 4 aliphatic carbocycles. The minimum Gasteiger partial charge on any atom is -0.393 e. The summed E-state index contributed by atoms with van der Waals surface area (Å²) in [6.07, 6.45) is 12.8. The number of hydrogen-bond donors (Lipinski definition) is 5. The summed E-state index contributed by atoms with van der Waals surface area (Å²) in [6, 6.07) is 0. The van der Waals surface area contributed by atoms with Crippen LogP contribution in [0.3, 0.4) is 0 Å². The summed E-state index contributed by atoms with van der Waals surface area (Å²) >= 11 is 0. The van der Waals surface area contributed by atoms with Gasteiger partial charge in [0.05, 0.1) is 12.2 Å². The highest BCUT2D eigenvalue weighted by Crippen LogP contribution is 2.68. The van der Waals surface area contributed by atoms with E-state index in [0.29, 0.717) is 48.5 Å². The number of nitrogens with one attached hydrogen (secondary N) is 3. The van der Waals surface area contributed by atoms with E-state index >= 15 is 0 Å². The van der Waals surface area contributed by atoms with Gasteiger partial charge in [0.2, 0.25) is 11.8 Å². The Labute approximate surface area is 243 Å². The molecular weight excluding hydrogens is 502 g/mol. The number of rotatable bonds is 13. The Balaban J connectivity index is 1.18. The molecule has 0 heterocycles. The van der Waals surface area contributed by atoms with Crippen LogP contribution in [0.5, 0.6) is 0 Å². The van der Waals surface area contributed by atoms with E-state index in [1.54, 1.807) is 6.92 Å². The standard InChI is InChI=1S/C33H59N3O4/c1-22(8-11-30(40)36-19-7-17-34-16-5-6-18-35-23(2)37)26-9-10-27-31-28(13-15-33(26,27)4)32(3)14-12-25(38)20-24(32)21-29(31)39/h22,24-29,31,34,38-39H,5-21H2,1-4H3,(H,35,37)(H,36,40)/t22-,24+,25-,26-,27+,28+,29+,31+,32+,33-/m1/s1. The molecule has 0 bridgehead atoms. The maximum Gasteiger partial charge on any atom is 0.220 e. The molecule has 7 heteroatoms. The zero-order valence-corrected chi connectivity index (χ0v) is 25.9. The fourth-order valence-corrected chi connectivity index (χ4v) is 10.0. The van der Waals surface area contributed by atoms with Crippen molar-refractivity contribution in [1.82, 2.24) is 16.0 Å². The number of aliphatic hydroxyl groups excluding tert-OH is 2. The number of hydrogen-bond acceptors (Lipinski definition) is 5. The Hall–Kier alpha value is -1.18. The van der Waals surface area contributed by atoms with E-state index in [4.69, 9.17) is 0 Å². The van der Waals surface area contributed by atoms with E-state index in [-0.39, 0.29) is 34.9 Å². The van der Waals surface area contributed by atoms with Crippen LogP contribution in [0.2, 0.25) is 0 Å². The van der Waals surface area contributed by atoms with E-state index in [0.717, 1.165) is 71.0 Å². The summed E-state index contributed by atoms with van der Waals surface area (Å²) in [4.78, 5) is 23.5. The van der Waals surface area contributed by atoms with Gasteiger partial charge in [-0.1, -0.05) is 20.8 Å². The quantitative estimate of drug-likeness (QED) is 0.214. The van der Waals surface area contributed by atoms with E-state index in [9.17, 15) is 19.8 Å². The molecule has 40 heavy (non-hydrogen) atoms. The third-order valence-electron chi connectivity index (χ3n) is 12.2. The molecule has 0 spiro atoms. The van der Waals surface area contributed by atoms with Gasteiger partial charge in [0.1, 0.15) is 0 Å². The van der Waals surface area contributed by atoms with Crippen molar-refractivity contribution in [2.24, 2.45) is 46.3 Å². The third-order valence-corrected chi connectivity index (χ3v) is 12.2. The highest BCUT2D eigenvalue weighted by molar-refractivity contribution is 5.75. The minimum absolute atomic E-state index is 0.0283. The number of amides is 2. The first-order valence-electron chi connectivity index (χ1n) is 16.6. The Morgan fingerprint density at radius 1 is 0.850 bits per heavy atom. The summed E-state index contributed by atoms with van der Waals surface area (Å²) < 4.78 is 0. The van der Waals surface area contributed by atoms with Crippen LogP contribution in [0, 0.1) is 46.3 Å². The molecule has 0 saturated heterocycles. The van der Waals surface area contributed by atoms with Crippen LogP contribution in [0.25, 0.3) is 0 Å². The summed E-state index contributed by atoms with van der Waals surface area (Å²) in [6.45, 7) is 12.2. The fraction of sp³-hybridized carbons (Fsp3) is 0.939. The lowest BCUT2D eigenvalue weighted by Gasteiger charge is -2.62. The molecule has 4 aliphatic rings. The third kappa shape index (κ3) is 7.06. The van der Waals surface area contributed by atoms with Crippen LogP contribution in [0.4, 0.5) is 0 Å². The zero-order chi connectivity index (χ0) is 28.9. The summed E-state index contributed by atoms with van der Waals surface area (Å²) in [5.41, 5.74) is 0.540. The van der Waals surface area contributed by atoms with Crippen LogP contribution in [0.1, 0.15) is 111 Å². The average molecular weight is 562 g/mol. The minimum atomic E-state index is -0.226. The molecular formula is C33H59N3O4. The van der Waals surface area contributed by atoms with Crippen molar-refractivity contribution in [2.75, 3.05) is 26.2 Å². The van der Waals surface area contributed by atoms with Gasteiger partial charge in [-0.05, 0) is 136 Å². The number of fused-ring (bicyclic) bond motifs is 5. The summed E-state index contributed by atoms with van der Waals surface area (Å²) in [5, 5.41) is 31.1. The van der Waals surface area contributed by atoms with E-state index in [1.807, 2.05) is 0 Å². The second kappa shape index (κ2) is 13.9. The Kier molecular flexibility index (Phi) is 11.0. The predicted molar refractivity (Wildman–Crippen MR) is 159 cm³/mol. The molecule has 5 N–H and O–H groups in total. The monoisotopic (exact) mass is 561 g/mol. The molecule has 0 radical (unpaired) electrons. The number of carbonyl (C=O) groups excluding carboxylic acids is 2. The maximum atomic E-state index is 12.6. The Morgan fingerprint density at radius 2 is 1.52 bits per heavy atom. The lowest BCUT2D eigenvalue weighted by Crippen LogP contribution is -2.58. The zero-order valence-electron chi connectivity index (χ0n) is 25.9. The Morgan fingerprint density at radius 3 is 2.30 bits per heavy atom.